The molecule has 0 spiro atoms. The molecule has 26 heavy (non-hydrogen) atoms. The first-order chi connectivity index (χ1) is 12.6. The molecule has 7 nitrogen and oxygen atoms in total. The first-order valence-electron chi connectivity index (χ1n) is 8.70. The van der Waals surface area contributed by atoms with Gasteiger partial charge in [-0.1, -0.05) is 0 Å². The van der Waals surface area contributed by atoms with Crippen LogP contribution in [0.25, 0.3) is 0 Å². The minimum absolute atomic E-state index is 0.728. The van der Waals surface area contributed by atoms with Crippen LogP contribution >= 0.6 is 0 Å². The van der Waals surface area contributed by atoms with Crippen molar-refractivity contribution in [3.05, 3.63) is 35.8 Å². The zero-order valence-electron chi connectivity index (χ0n) is 15.9. The zero-order valence-corrected chi connectivity index (χ0v) is 15.9. The van der Waals surface area contributed by atoms with Crippen LogP contribution < -0.4 is 19.1 Å². The van der Waals surface area contributed by atoms with Crippen molar-refractivity contribution in [3.8, 4) is 17.2 Å². The van der Waals surface area contributed by atoms with Crippen LogP contribution in [0.5, 0.6) is 17.2 Å². The van der Waals surface area contributed by atoms with Gasteiger partial charge in [0.25, 0.3) is 0 Å². The van der Waals surface area contributed by atoms with E-state index in [1.807, 2.05) is 31.3 Å². The summed E-state index contributed by atoms with van der Waals surface area (Å²) in [5, 5.41) is 0. The SMILES string of the molecule is COc1cc(OC)c(CN2CCN(c3ccnc(C)n3)CC2)c(OC)c1. The van der Waals surface area contributed by atoms with E-state index in [9.17, 15) is 0 Å². The van der Waals surface area contributed by atoms with E-state index in [1.54, 1.807) is 21.3 Å². The highest BCUT2D eigenvalue weighted by atomic mass is 16.5. The fourth-order valence-electron chi connectivity index (χ4n) is 3.21. The van der Waals surface area contributed by atoms with Crippen LogP contribution in [0.3, 0.4) is 0 Å². The monoisotopic (exact) mass is 358 g/mol. The third kappa shape index (κ3) is 3.99. The molecular weight excluding hydrogens is 332 g/mol. The van der Waals surface area contributed by atoms with E-state index in [0.717, 1.165) is 67.2 Å². The summed E-state index contributed by atoms with van der Waals surface area (Å²) < 4.78 is 16.4. The highest BCUT2D eigenvalue weighted by molar-refractivity contribution is 5.50. The third-order valence-electron chi connectivity index (χ3n) is 4.66. The molecule has 1 saturated heterocycles. The lowest BCUT2D eigenvalue weighted by Gasteiger charge is -2.35. The molecule has 0 N–H and O–H groups in total. The molecule has 7 heteroatoms. The summed E-state index contributed by atoms with van der Waals surface area (Å²) in [6.45, 7) is 6.44. The average molecular weight is 358 g/mol. The number of hydrogen-bond donors (Lipinski definition) is 0. The Labute approximate surface area is 154 Å². The van der Waals surface area contributed by atoms with Gasteiger partial charge in [0.15, 0.2) is 0 Å². The van der Waals surface area contributed by atoms with Gasteiger partial charge in [0, 0.05) is 51.1 Å². The normalized spacial score (nSPS) is 15.0. The van der Waals surface area contributed by atoms with E-state index in [4.69, 9.17) is 14.2 Å². The first kappa shape index (κ1) is 18.3. The quantitative estimate of drug-likeness (QED) is 0.784. The maximum atomic E-state index is 5.56. The molecule has 3 rings (SSSR count). The van der Waals surface area contributed by atoms with E-state index in [1.165, 1.54) is 0 Å². The number of piperazine rings is 1. The number of aromatic nitrogens is 2. The molecule has 0 unspecified atom stereocenters. The molecule has 1 fully saturated rings. The van der Waals surface area contributed by atoms with Crippen molar-refractivity contribution < 1.29 is 14.2 Å². The predicted octanol–water partition coefficient (Wildman–Crippen LogP) is 2.13. The Morgan fingerprint density at radius 3 is 2.15 bits per heavy atom. The molecule has 0 amide bonds. The van der Waals surface area contributed by atoms with Crippen LogP contribution in [0.4, 0.5) is 5.82 Å². The lowest BCUT2D eigenvalue weighted by atomic mass is 10.1. The number of hydrogen-bond acceptors (Lipinski definition) is 7. The summed E-state index contributed by atoms with van der Waals surface area (Å²) in [5.41, 5.74) is 1.04. The number of rotatable bonds is 6. The molecule has 2 heterocycles. The summed E-state index contributed by atoms with van der Waals surface area (Å²) in [5.74, 6) is 4.10. The Morgan fingerprint density at radius 1 is 0.962 bits per heavy atom. The Bertz CT molecular complexity index is 720. The van der Waals surface area contributed by atoms with Crippen molar-refractivity contribution in [1.29, 1.82) is 0 Å². The average Bonchev–Trinajstić information content (AvgIpc) is 2.68. The van der Waals surface area contributed by atoms with Crippen LogP contribution in [-0.2, 0) is 6.54 Å². The van der Waals surface area contributed by atoms with E-state index >= 15 is 0 Å². The van der Waals surface area contributed by atoms with Crippen molar-refractivity contribution in [1.82, 2.24) is 14.9 Å². The van der Waals surface area contributed by atoms with Gasteiger partial charge < -0.3 is 19.1 Å². The molecule has 2 aromatic rings. The molecule has 1 aliphatic heterocycles. The van der Waals surface area contributed by atoms with Gasteiger partial charge in [-0.15, -0.1) is 0 Å². The van der Waals surface area contributed by atoms with Gasteiger partial charge in [-0.25, -0.2) is 9.97 Å². The van der Waals surface area contributed by atoms with Gasteiger partial charge in [-0.3, -0.25) is 4.90 Å². The highest BCUT2D eigenvalue weighted by Gasteiger charge is 2.22. The molecular formula is C19H26N4O3. The Kier molecular flexibility index (Phi) is 5.78. The van der Waals surface area contributed by atoms with E-state index in [0.29, 0.717) is 0 Å². The molecule has 0 aliphatic carbocycles. The van der Waals surface area contributed by atoms with Gasteiger partial charge in [0.1, 0.15) is 28.9 Å². The topological polar surface area (TPSA) is 60.0 Å². The van der Waals surface area contributed by atoms with Crippen LogP contribution in [0, 0.1) is 6.92 Å². The molecule has 0 atom stereocenters. The van der Waals surface area contributed by atoms with E-state index in [-0.39, 0.29) is 0 Å². The van der Waals surface area contributed by atoms with Crippen molar-refractivity contribution in [2.24, 2.45) is 0 Å². The predicted molar refractivity (Wildman–Crippen MR) is 100 cm³/mol. The molecule has 0 bridgehead atoms. The van der Waals surface area contributed by atoms with Crippen LogP contribution in [-0.4, -0.2) is 62.4 Å². The fraction of sp³-hybridized carbons (Fsp3) is 0.474. The summed E-state index contributed by atoms with van der Waals surface area (Å²) >= 11 is 0. The highest BCUT2D eigenvalue weighted by Crippen LogP contribution is 2.35. The Hall–Kier alpha value is -2.54. The molecule has 1 aromatic heterocycles. The van der Waals surface area contributed by atoms with E-state index < -0.39 is 0 Å². The number of anilines is 1. The smallest absolute Gasteiger partial charge is 0.132 e. The van der Waals surface area contributed by atoms with Gasteiger partial charge in [-0.2, -0.15) is 0 Å². The maximum Gasteiger partial charge on any atom is 0.132 e. The summed E-state index contributed by atoms with van der Waals surface area (Å²) in [6, 6.07) is 5.77. The maximum absolute atomic E-state index is 5.56. The molecule has 0 radical (unpaired) electrons. The van der Waals surface area contributed by atoms with Crippen LogP contribution in [0.15, 0.2) is 24.4 Å². The van der Waals surface area contributed by atoms with Crippen molar-refractivity contribution in [3.63, 3.8) is 0 Å². The van der Waals surface area contributed by atoms with E-state index in [2.05, 4.69) is 19.8 Å². The molecule has 1 aromatic carbocycles. The summed E-state index contributed by atoms with van der Waals surface area (Å²) in [7, 11) is 4.99. The summed E-state index contributed by atoms with van der Waals surface area (Å²) in [6.07, 6.45) is 1.82. The van der Waals surface area contributed by atoms with Gasteiger partial charge in [0.2, 0.25) is 0 Å². The minimum Gasteiger partial charge on any atom is -0.496 e. The molecule has 0 saturated carbocycles. The lowest BCUT2D eigenvalue weighted by molar-refractivity contribution is 0.241. The number of aryl methyl sites for hydroxylation is 1. The lowest BCUT2D eigenvalue weighted by Crippen LogP contribution is -2.46. The number of nitrogens with zero attached hydrogens (tertiary/aromatic N) is 4. The fourth-order valence-corrected chi connectivity index (χ4v) is 3.21. The van der Waals surface area contributed by atoms with Crippen LogP contribution in [0.2, 0.25) is 0 Å². The number of ether oxygens (including phenoxy) is 3. The van der Waals surface area contributed by atoms with Crippen molar-refractivity contribution >= 4 is 5.82 Å². The van der Waals surface area contributed by atoms with Crippen molar-refractivity contribution in [2.75, 3.05) is 52.4 Å². The second-order valence-corrected chi connectivity index (χ2v) is 6.24. The van der Waals surface area contributed by atoms with Gasteiger partial charge in [-0.05, 0) is 13.0 Å². The van der Waals surface area contributed by atoms with Crippen molar-refractivity contribution in [2.45, 2.75) is 13.5 Å². The standard InChI is InChI=1S/C19H26N4O3/c1-14-20-6-5-19(21-14)23-9-7-22(8-10-23)13-16-17(25-3)11-15(24-2)12-18(16)26-4/h5-6,11-12H,7-10,13H2,1-4H3. The van der Waals surface area contributed by atoms with Crippen LogP contribution in [0.1, 0.15) is 11.4 Å². The summed E-state index contributed by atoms with van der Waals surface area (Å²) in [4.78, 5) is 13.4. The largest absolute Gasteiger partial charge is 0.496 e. The Morgan fingerprint density at radius 2 is 1.62 bits per heavy atom. The van der Waals surface area contributed by atoms with Gasteiger partial charge in [0.05, 0.1) is 26.9 Å². The Balaban J connectivity index is 1.69. The minimum atomic E-state index is 0.728. The second kappa shape index (κ2) is 8.23. The number of methoxy groups -OCH3 is 3. The first-order valence-corrected chi connectivity index (χ1v) is 8.70. The van der Waals surface area contributed by atoms with Gasteiger partial charge >= 0.3 is 0 Å². The molecule has 140 valence electrons. The zero-order chi connectivity index (χ0) is 18.5. The third-order valence-corrected chi connectivity index (χ3v) is 4.66. The molecule has 1 aliphatic rings. The second-order valence-electron chi connectivity index (χ2n) is 6.24. The number of benzene rings is 1.